The molecule has 10 heteroatoms. The summed E-state index contributed by atoms with van der Waals surface area (Å²) in [6, 6.07) is 14.2. The highest BCUT2D eigenvalue weighted by Gasteiger charge is 2.28. The van der Waals surface area contributed by atoms with Gasteiger partial charge in [-0.25, -0.2) is 17.8 Å². The molecule has 1 aromatic heterocycles. The van der Waals surface area contributed by atoms with Crippen molar-refractivity contribution in [2.45, 2.75) is 24.8 Å². The number of aliphatic hydroxyl groups is 1. The number of amides is 1. The summed E-state index contributed by atoms with van der Waals surface area (Å²) in [6.07, 6.45) is 1.78. The van der Waals surface area contributed by atoms with Crippen LogP contribution in [0.5, 0.6) is 5.75 Å². The molecule has 192 valence electrons. The lowest BCUT2D eigenvalue weighted by molar-refractivity contribution is 0.0731. The van der Waals surface area contributed by atoms with Gasteiger partial charge in [0.2, 0.25) is 0 Å². The molecule has 1 amide bonds. The zero-order valence-corrected chi connectivity index (χ0v) is 21.0. The Morgan fingerprint density at radius 2 is 1.95 bits per heavy atom. The zero-order chi connectivity index (χ0) is 26.2. The fraction of sp³-hybridized carbons (Fsp3) is 0.259. The number of nitrogens with one attached hydrogen (secondary N) is 1. The van der Waals surface area contributed by atoms with Crippen LogP contribution < -0.4 is 4.74 Å². The molecule has 0 radical (unpaired) electrons. The Hall–Kier alpha value is -3.76. The van der Waals surface area contributed by atoms with Crippen LogP contribution >= 0.6 is 0 Å². The maximum Gasteiger partial charge on any atom is 0.254 e. The Kier molecular flexibility index (Phi) is 6.70. The molecule has 3 aromatic carbocycles. The second-order valence-corrected chi connectivity index (χ2v) is 10.9. The molecule has 0 fully saturated rings. The molecule has 8 nitrogen and oxygen atoms in total. The molecule has 2 heterocycles. The molecular formula is C27H26FN3O5S. The van der Waals surface area contributed by atoms with Gasteiger partial charge in [-0.3, -0.25) is 4.79 Å². The van der Waals surface area contributed by atoms with Gasteiger partial charge in [0.05, 0.1) is 36.3 Å². The van der Waals surface area contributed by atoms with Gasteiger partial charge >= 0.3 is 0 Å². The van der Waals surface area contributed by atoms with Crippen molar-refractivity contribution in [2.75, 3.05) is 25.5 Å². The van der Waals surface area contributed by atoms with E-state index in [1.807, 2.05) is 36.4 Å². The quantitative estimate of drug-likeness (QED) is 0.398. The number of ether oxygens (including phenoxy) is 1. The number of aliphatic hydroxyl groups excluding tert-OH is 1. The SMILES string of the molecule is CCc1c(C(=O)N2CCOc3ccc(-c4ccc5nc[nH]c5c4)cc3C2)ccc(S(=O)(=O)CCO)c1F. The molecule has 0 unspecified atom stereocenters. The van der Waals surface area contributed by atoms with E-state index in [-0.39, 0.29) is 37.2 Å². The van der Waals surface area contributed by atoms with E-state index in [9.17, 15) is 13.2 Å². The van der Waals surface area contributed by atoms with Crippen molar-refractivity contribution in [2.24, 2.45) is 0 Å². The van der Waals surface area contributed by atoms with Crippen molar-refractivity contribution in [3.8, 4) is 16.9 Å². The maximum absolute atomic E-state index is 15.3. The number of hydrogen-bond donors (Lipinski definition) is 2. The van der Waals surface area contributed by atoms with Gasteiger partial charge in [0.25, 0.3) is 5.91 Å². The lowest BCUT2D eigenvalue weighted by Gasteiger charge is -2.22. The minimum Gasteiger partial charge on any atom is -0.491 e. The molecule has 1 aliphatic rings. The summed E-state index contributed by atoms with van der Waals surface area (Å²) in [5.74, 6) is -1.25. The topological polar surface area (TPSA) is 113 Å². The van der Waals surface area contributed by atoms with Gasteiger partial charge in [0, 0.05) is 23.2 Å². The fourth-order valence-electron chi connectivity index (χ4n) is 4.65. The number of rotatable bonds is 6. The molecule has 5 rings (SSSR count). The molecule has 0 spiro atoms. The van der Waals surface area contributed by atoms with Crippen LogP contribution in [-0.4, -0.2) is 59.8 Å². The van der Waals surface area contributed by atoms with Crippen LogP contribution in [0.15, 0.2) is 59.8 Å². The third-order valence-corrected chi connectivity index (χ3v) is 8.27. The standard InChI is InChI=1S/C27H26FN3O5S/c1-2-20-21(5-8-25(26(20)28)37(34,35)12-10-32)27(33)31-9-11-36-24-7-4-17(13-19(24)15-31)18-3-6-22-23(14-18)30-16-29-22/h3-8,13-14,16,32H,2,9-12,15H2,1H3,(H,29,30). The average molecular weight is 524 g/mol. The van der Waals surface area contributed by atoms with Crippen molar-refractivity contribution in [3.63, 3.8) is 0 Å². The lowest BCUT2D eigenvalue weighted by Crippen LogP contribution is -2.33. The van der Waals surface area contributed by atoms with Crippen molar-refractivity contribution in [1.29, 1.82) is 0 Å². The van der Waals surface area contributed by atoms with Gasteiger partial charge < -0.3 is 19.7 Å². The first kappa shape index (κ1) is 24.9. The number of aromatic amines is 1. The number of hydrogen-bond acceptors (Lipinski definition) is 6. The van der Waals surface area contributed by atoms with Crippen LogP contribution in [-0.2, 0) is 22.8 Å². The summed E-state index contributed by atoms with van der Waals surface area (Å²) in [4.78, 5) is 22.0. The monoisotopic (exact) mass is 523 g/mol. The third-order valence-electron chi connectivity index (χ3n) is 6.57. The summed E-state index contributed by atoms with van der Waals surface area (Å²) in [5.41, 5.74) is 4.69. The number of halogens is 1. The second kappa shape index (κ2) is 9.95. The number of sulfone groups is 1. The smallest absolute Gasteiger partial charge is 0.254 e. The minimum atomic E-state index is -4.00. The van der Waals surface area contributed by atoms with E-state index < -0.39 is 38.8 Å². The molecule has 0 bridgehead atoms. The van der Waals surface area contributed by atoms with Crippen molar-refractivity contribution < 1.29 is 27.4 Å². The van der Waals surface area contributed by atoms with E-state index >= 15 is 4.39 Å². The first-order valence-corrected chi connectivity index (χ1v) is 13.6. The fourth-order valence-corrected chi connectivity index (χ4v) is 5.78. The van der Waals surface area contributed by atoms with Crippen LogP contribution in [0.2, 0.25) is 0 Å². The van der Waals surface area contributed by atoms with Crippen LogP contribution in [0, 0.1) is 5.82 Å². The molecule has 0 saturated heterocycles. The highest BCUT2D eigenvalue weighted by molar-refractivity contribution is 7.91. The molecule has 0 saturated carbocycles. The number of fused-ring (bicyclic) bond motifs is 2. The van der Waals surface area contributed by atoms with Gasteiger partial charge in [-0.2, -0.15) is 0 Å². The Balaban J connectivity index is 1.47. The summed E-state index contributed by atoms with van der Waals surface area (Å²) in [6.45, 7) is 1.86. The Labute approximate surface area is 213 Å². The Bertz CT molecular complexity index is 1600. The van der Waals surface area contributed by atoms with Crippen LogP contribution in [0.3, 0.4) is 0 Å². The molecule has 4 aromatic rings. The molecular weight excluding hydrogens is 497 g/mol. The number of benzene rings is 3. The predicted octanol–water partition coefficient (Wildman–Crippen LogP) is 3.73. The summed E-state index contributed by atoms with van der Waals surface area (Å²) >= 11 is 0. The van der Waals surface area contributed by atoms with Crippen molar-refractivity contribution >= 4 is 26.8 Å². The van der Waals surface area contributed by atoms with E-state index in [0.29, 0.717) is 5.75 Å². The number of carbonyl (C=O) groups excluding carboxylic acids is 1. The van der Waals surface area contributed by atoms with Gasteiger partial charge in [-0.05, 0) is 53.9 Å². The van der Waals surface area contributed by atoms with E-state index in [4.69, 9.17) is 9.84 Å². The zero-order valence-electron chi connectivity index (χ0n) is 20.2. The number of carbonyl (C=O) groups is 1. The molecule has 0 aliphatic carbocycles. The summed E-state index contributed by atoms with van der Waals surface area (Å²) < 4.78 is 45.9. The summed E-state index contributed by atoms with van der Waals surface area (Å²) in [7, 11) is -4.00. The van der Waals surface area contributed by atoms with E-state index in [1.54, 1.807) is 18.2 Å². The number of aromatic nitrogens is 2. The average Bonchev–Trinajstić information content (AvgIpc) is 3.25. The predicted molar refractivity (Wildman–Crippen MR) is 137 cm³/mol. The lowest BCUT2D eigenvalue weighted by atomic mass is 10.0. The number of nitrogens with zero attached hydrogens (tertiary/aromatic N) is 2. The first-order chi connectivity index (χ1) is 17.8. The number of H-pyrrole nitrogens is 1. The van der Waals surface area contributed by atoms with Gasteiger partial charge in [0.1, 0.15) is 23.1 Å². The Morgan fingerprint density at radius 1 is 1.16 bits per heavy atom. The van der Waals surface area contributed by atoms with Crippen LogP contribution in [0.25, 0.3) is 22.2 Å². The normalized spacial score (nSPS) is 13.8. The third kappa shape index (κ3) is 4.70. The minimum absolute atomic E-state index is 0.0380. The van der Waals surface area contributed by atoms with Gasteiger partial charge in [0.15, 0.2) is 9.84 Å². The van der Waals surface area contributed by atoms with Crippen molar-refractivity contribution in [3.05, 3.63) is 77.4 Å². The molecule has 1 aliphatic heterocycles. The molecule has 37 heavy (non-hydrogen) atoms. The first-order valence-electron chi connectivity index (χ1n) is 12.0. The molecule has 0 atom stereocenters. The van der Waals surface area contributed by atoms with Gasteiger partial charge in [-0.1, -0.05) is 19.1 Å². The molecule has 2 N–H and O–H groups in total. The highest BCUT2D eigenvalue weighted by atomic mass is 32.2. The van der Waals surface area contributed by atoms with Gasteiger partial charge in [-0.15, -0.1) is 0 Å². The van der Waals surface area contributed by atoms with E-state index in [2.05, 4.69) is 9.97 Å². The van der Waals surface area contributed by atoms with Crippen molar-refractivity contribution in [1.82, 2.24) is 14.9 Å². The summed E-state index contributed by atoms with van der Waals surface area (Å²) in [5, 5.41) is 9.05. The Morgan fingerprint density at radius 3 is 2.73 bits per heavy atom. The second-order valence-electron chi connectivity index (χ2n) is 8.83. The maximum atomic E-state index is 15.3. The van der Waals surface area contributed by atoms with E-state index in [1.165, 1.54) is 6.07 Å². The number of imidazole rings is 1. The van der Waals surface area contributed by atoms with Crippen LogP contribution in [0.4, 0.5) is 4.39 Å². The highest BCUT2D eigenvalue weighted by Crippen LogP contribution is 2.32. The van der Waals surface area contributed by atoms with Crippen LogP contribution in [0.1, 0.15) is 28.4 Å². The van der Waals surface area contributed by atoms with E-state index in [0.717, 1.165) is 33.8 Å². The largest absolute Gasteiger partial charge is 0.491 e.